The van der Waals surface area contributed by atoms with Gasteiger partial charge in [-0.25, -0.2) is 0 Å². The lowest BCUT2D eigenvalue weighted by atomic mass is 10.1. The summed E-state index contributed by atoms with van der Waals surface area (Å²) < 4.78 is 13.0. The number of rotatable bonds is 7. The Kier molecular flexibility index (Phi) is 5.91. The third-order valence-electron chi connectivity index (χ3n) is 4.20. The highest BCUT2D eigenvalue weighted by Crippen LogP contribution is 2.34. The first-order valence-corrected chi connectivity index (χ1v) is 9.22. The van der Waals surface area contributed by atoms with Crippen molar-refractivity contribution in [3.63, 3.8) is 0 Å². The molecule has 0 saturated carbocycles. The number of fused-ring (bicyclic) bond motifs is 1. The van der Waals surface area contributed by atoms with Gasteiger partial charge in [-0.05, 0) is 30.7 Å². The number of nitrogens with zero attached hydrogens (tertiary/aromatic N) is 1. The maximum absolute atomic E-state index is 13.1. The molecule has 0 aliphatic rings. The van der Waals surface area contributed by atoms with E-state index in [4.69, 9.17) is 38.1 Å². The number of hydrogen-bond acceptors (Lipinski definition) is 4. The van der Waals surface area contributed by atoms with Gasteiger partial charge in [0.05, 0.1) is 40.5 Å². The maximum Gasteiger partial charge on any atom is 0.259 e. The largest absolute Gasteiger partial charge is 0.491 e. The smallest absolute Gasteiger partial charge is 0.259 e. The summed E-state index contributed by atoms with van der Waals surface area (Å²) in [5.74, 6) is 1.22. The normalized spacial score (nSPS) is 11.2. The molecule has 0 saturated heterocycles. The fourth-order valence-corrected chi connectivity index (χ4v) is 3.19. The number of aromatic nitrogens is 1. The predicted molar refractivity (Wildman–Crippen MR) is 104 cm³/mol. The van der Waals surface area contributed by atoms with Crippen LogP contribution in [0.15, 0.2) is 39.7 Å². The minimum Gasteiger partial charge on any atom is -0.491 e. The maximum atomic E-state index is 13.1. The lowest BCUT2D eigenvalue weighted by Crippen LogP contribution is -2.27. The highest BCUT2D eigenvalue weighted by Gasteiger charge is 2.19. The molecule has 3 aromatic rings. The second-order valence-electron chi connectivity index (χ2n) is 5.96. The number of nitrogens with two attached hydrogens (primary N) is 1. The Labute approximate surface area is 161 Å². The molecule has 7 heteroatoms. The van der Waals surface area contributed by atoms with Crippen LogP contribution >= 0.6 is 23.2 Å². The molecule has 0 radical (unpaired) electrons. The molecule has 138 valence electrons. The number of pyridine rings is 1. The van der Waals surface area contributed by atoms with Crippen LogP contribution in [-0.4, -0.2) is 11.2 Å². The number of unbranched alkanes of at least 4 members (excludes halogenated alkanes) is 1. The molecule has 0 amide bonds. The van der Waals surface area contributed by atoms with E-state index in [1.165, 1.54) is 0 Å². The summed E-state index contributed by atoms with van der Waals surface area (Å²) in [4.78, 5) is 13.1. The van der Waals surface area contributed by atoms with E-state index in [0.29, 0.717) is 44.6 Å². The van der Waals surface area contributed by atoms with Crippen LogP contribution in [0.2, 0.25) is 10.0 Å². The van der Waals surface area contributed by atoms with Crippen LogP contribution in [0.5, 0.6) is 5.75 Å². The number of ether oxygens (including phenoxy) is 1. The van der Waals surface area contributed by atoms with Crippen LogP contribution in [0.1, 0.15) is 31.2 Å². The fourth-order valence-electron chi connectivity index (χ4n) is 2.87. The summed E-state index contributed by atoms with van der Waals surface area (Å²) in [7, 11) is 0. The van der Waals surface area contributed by atoms with E-state index in [2.05, 4.69) is 6.92 Å². The number of benzene rings is 1. The van der Waals surface area contributed by atoms with Gasteiger partial charge >= 0.3 is 0 Å². The molecular weight excluding hydrogens is 375 g/mol. The van der Waals surface area contributed by atoms with Crippen molar-refractivity contribution in [3.8, 4) is 5.75 Å². The zero-order valence-corrected chi connectivity index (χ0v) is 15.9. The van der Waals surface area contributed by atoms with Crippen molar-refractivity contribution in [2.75, 3.05) is 6.61 Å². The van der Waals surface area contributed by atoms with E-state index in [0.717, 1.165) is 12.8 Å². The monoisotopic (exact) mass is 394 g/mol. The van der Waals surface area contributed by atoms with Crippen LogP contribution in [0, 0.1) is 0 Å². The molecule has 0 atom stereocenters. The molecule has 0 fully saturated rings. The quantitative estimate of drug-likeness (QED) is 0.594. The van der Waals surface area contributed by atoms with Gasteiger partial charge in [-0.3, -0.25) is 9.36 Å². The van der Waals surface area contributed by atoms with E-state index in [9.17, 15) is 4.79 Å². The topological polar surface area (TPSA) is 70.4 Å². The molecule has 26 heavy (non-hydrogen) atoms. The van der Waals surface area contributed by atoms with Crippen molar-refractivity contribution in [2.45, 2.75) is 32.9 Å². The first kappa shape index (κ1) is 18.8. The molecular formula is C19H20Cl2N2O3. The van der Waals surface area contributed by atoms with Gasteiger partial charge in [0.1, 0.15) is 11.5 Å². The van der Waals surface area contributed by atoms with E-state index in [1.54, 1.807) is 29.0 Å². The van der Waals surface area contributed by atoms with Gasteiger partial charge in [-0.15, -0.1) is 0 Å². The Morgan fingerprint density at radius 1 is 1.23 bits per heavy atom. The average molecular weight is 395 g/mol. The second kappa shape index (κ2) is 8.16. The van der Waals surface area contributed by atoms with Gasteiger partial charge in [0, 0.05) is 11.9 Å². The van der Waals surface area contributed by atoms with Crippen LogP contribution in [0.25, 0.3) is 10.8 Å². The Morgan fingerprint density at radius 3 is 2.58 bits per heavy atom. The SMILES string of the molecule is CCCCOc1c(CN)n(Cc2ccco2)c(=O)c2cc(Cl)c(Cl)cc12. The van der Waals surface area contributed by atoms with Crippen molar-refractivity contribution in [3.05, 3.63) is 62.4 Å². The number of hydrogen-bond donors (Lipinski definition) is 1. The van der Waals surface area contributed by atoms with Gasteiger partial charge in [0.15, 0.2) is 0 Å². The van der Waals surface area contributed by atoms with Crippen molar-refractivity contribution in [2.24, 2.45) is 5.73 Å². The first-order valence-electron chi connectivity index (χ1n) is 8.46. The third kappa shape index (κ3) is 3.61. The zero-order chi connectivity index (χ0) is 18.7. The Bertz CT molecular complexity index is 965. The third-order valence-corrected chi connectivity index (χ3v) is 4.92. The van der Waals surface area contributed by atoms with E-state index in [-0.39, 0.29) is 18.6 Å². The standard InChI is InChI=1S/C19H20Cl2N2O3/c1-2-3-6-26-18-13-8-15(20)16(21)9-14(13)19(24)23(17(18)10-22)11-12-5-4-7-25-12/h4-5,7-9H,2-3,6,10-11,22H2,1H3. The Morgan fingerprint density at radius 2 is 1.96 bits per heavy atom. The Balaban J connectivity index is 2.26. The molecule has 2 heterocycles. The highest BCUT2D eigenvalue weighted by molar-refractivity contribution is 6.42. The summed E-state index contributed by atoms with van der Waals surface area (Å²) in [6.45, 7) is 3.02. The van der Waals surface area contributed by atoms with Crippen molar-refractivity contribution in [1.82, 2.24) is 4.57 Å². The van der Waals surface area contributed by atoms with Gasteiger partial charge in [0.2, 0.25) is 0 Å². The first-order chi connectivity index (χ1) is 12.6. The molecule has 5 nitrogen and oxygen atoms in total. The van der Waals surface area contributed by atoms with Crippen LogP contribution in [0.3, 0.4) is 0 Å². The summed E-state index contributed by atoms with van der Waals surface area (Å²) in [6.07, 6.45) is 3.46. The molecule has 2 N–H and O–H groups in total. The molecule has 2 aromatic heterocycles. The number of furan rings is 1. The second-order valence-corrected chi connectivity index (χ2v) is 6.78. The van der Waals surface area contributed by atoms with E-state index in [1.807, 2.05) is 6.07 Å². The summed E-state index contributed by atoms with van der Waals surface area (Å²) in [5, 5.41) is 1.75. The number of halogens is 2. The summed E-state index contributed by atoms with van der Waals surface area (Å²) in [6, 6.07) is 6.83. The summed E-state index contributed by atoms with van der Waals surface area (Å²) in [5.41, 5.74) is 6.38. The van der Waals surface area contributed by atoms with Crippen LogP contribution in [-0.2, 0) is 13.1 Å². The highest BCUT2D eigenvalue weighted by atomic mass is 35.5. The summed E-state index contributed by atoms with van der Waals surface area (Å²) >= 11 is 12.3. The predicted octanol–water partition coefficient (Wildman–Crippen LogP) is 4.59. The van der Waals surface area contributed by atoms with E-state index >= 15 is 0 Å². The molecule has 3 rings (SSSR count). The molecule has 1 aromatic carbocycles. The molecule has 0 aliphatic carbocycles. The van der Waals surface area contributed by atoms with E-state index < -0.39 is 0 Å². The van der Waals surface area contributed by atoms with Gasteiger partial charge < -0.3 is 14.9 Å². The Hall–Kier alpha value is -1.95. The van der Waals surface area contributed by atoms with Crippen LogP contribution in [0.4, 0.5) is 0 Å². The molecule has 0 unspecified atom stereocenters. The molecule has 0 aliphatic heterocycles. The van der Waals surface area contributed by atoms with Crippen molar-refractivity contribution < 1.29 is 9.15 Å². The zero-order valence-electron chi connectivity index (χ0n) is 14.4. The van der Waals surface area contributed by atoms with Gasteiger partial charge in [-0.2, -0.15) is 0 Å². The minimum atomic E-state index is -0.210. The molecule has 0 bridgehead atoms. The fraction of sp³-hybridized carbons (Fsp3) is 0.316. The molecule has 0 spiro atoms. The lowest BCUT2D eigenvalue weighted by molar-refractivity contribution is 0.305. The van der Waals surface area contributed by atoms with Crippen molar-refractivity contribution in [1.29, 1.82) is 0 Å². The van der Waals surface area contributed by atoms with Crippen molar-refractivity contribution >= 4 is 34.0 Å². The lowest BCUT2D eigenvalue weighted by Gasteiger charge is -2.19. The van der Waals surface area contributed by atoms with Crippen LogP contribution < -0.4 is 16.0 Å². The minimum absolute atomic E-state index is 0.146. The van der Waals surface area contributed by atoms with Gasteiger partial charge in [0.25, 0.3) is 5.56 Å². The average Bonchev–Trinajstić information content (AvgIpc) is 3.14. The van der Waals surface area contributed by atoms with Gasteiger partial charge in [-0.1, -0.05) is 36.5 Å².